The van der Waals surface area contributed by atoms with E-state index in [0.29, 0.717) is 10.5 Å². The molecule has 26 heavy (non-hydrogen) atoms. The van der Waals surface area contributed by atoms with Gasteiger partial charge < -0.3 is 9.90 Å². The average molecular weight is 380 g/mol. The highest BCUT2D eigenvalue weighted by Gasteiger charge is 2.38. The van der Waals surface area contributed by atoms with E-state index in [1.54, 1.807) is 42.5 Å². The fraction of sp³-hybridized carbons (Fsp3) is 0.0500. The second-order valence-electron chi connectivity index (χ2n) is 5.48. The zero-order chi connectivity index (χ0) is 18.5. The standard InChI is InChI=1S/C20H15NO3S2/c22-18-16(13-7-10-14-8-3-1-4-9-14)26-20(25)21(18)17(19(23)24)15-11-5-2-6-12-15/h1-13,17H,(H,23,24)/p-1/b10-7+,16-13+/t17-/m1/s1. The fourth-order valence-corrected chi connectivity index (χ4v) is 3.82. The molecule has 2 aromatic carbocycles. The Balaban J connectivity index is 1.85. The van der Waals surface area contributed by atoms with E-state index in [1.807, 2.05) is 36.4 Å². The van der Waals surface area contributed by atoms with Gasteiger partial charge in [0.25, 0.3) is 5.91 Å². The number of rotatable bonds is 5. The normalized spacial score (nSPS) is 17.2. The number of carbonyl (C=O) groups excluding carboxylic acids is 2. The topological polar surface area (TPSA) is 60.4 Å². The Kier molecular flexibility index (Phi) is 5.65. The smallest absolute Gasteiger partial charge is 0.267 e. The van der Waals surface area contributed by atoms with Crippen LogP contribution in [0.1, 0.15) is 17.2 Å². The molecule has 6 heteroatoms. The predicted molar refractivity (Wildman–Crippen MR) is 105 cm³/mol. The van der Waals surface area contributed by atoms with E-state index in [1.165, 1.54) is 0 Å². The van der Waals surface area contributed by atoms with Crippen LogP contribution in [0.3, 0.4) is 0 Å². The highest BCUT2D eigenvalue weighted by molar-refractivity contribution is 8.26. The van der Waals surface area contributed by atoms with Gasteiger partial charge in [0.1, 0.15) is 10.4 Å². The number of allylic oxidation sites excluding steroid dienone is 2. The van der Waals surface area contributed by atoms with Crippen molar-refractivity contribution in [1.29, 1.82) is 0 Å². The van der Waals surface area contributed by atoms with Gasteiger partial charge in [-0.2, -0.15) is 0 Å². The Morgan fingerprint density at radius 1 is 1.08 bits per heavy atom. The first-order chi connectivity index (χ1) is 12.6. The third-order valence-corrected chi connectivity index (χ3v) is 5.10. The van der Waals surface area contributed by atoms with Gasteiger partial charge in [0.15, 0.2) is 0 Å². The van der Waals surface area contributed by atoms with Gasteiger partial charge in [-0.05, 0) is 17.2 Å². The van der Waals surface area contributed by atoms with Gasteiger partial charge in [-0.15, -0.1) is 0 Å². The number of benzene rings is 2. The van der Waals surface area contributed by atoms with Crippen LogP contribution in [-0.4, -0.2) is 21.1 Å². The van der Waals surface area contributed by atoms with Crippen molar-refractivity contribution in [2.24, 2.45) is 0 Å². The van der Waals surface area contributed by atoms with Crippen molar-refractivity contribution in [2.75, 3.05) is 0 Å². The molecule has 0 unspecified atom stereocenters. The maximum absolute atomic E-state index is 12.7. The Bertz CT molecular complexity index is 892. The van der Waals surface area contributed by atoms with Gasteiger partial charge in [-0.25, -0.2) is 0 Å². The molecule has 0 bridgehead atoms. The zero-order valence-electron chi connectivity index (χ0n) is 13.6. The number of nitrogens with zero attached hydrogens (tertiary/aromatic N) is 1. The summed E-state index contributed by atoms with van der Waals surface area (Å²) in [7, 11) is 0. The number of carbonyl (C=O) groups is 2. The summed E-state index contributed by atoms with van der Waals surface area (Å²) in [5.74, 6) is -1.80. The molecule has 1 heterocycles. The first kappa shape index (κ1) is 18.1. The minimum absolute atomic E-state index is 0.201. The van der Waals surface area contributed by atoms with E-state index < -0.39 is 17.9 Å². The molecule has 1 fully saturated rings. The van der Waals surface area contributed by atoms with E-state index in [-0.39, 0.29) is 4.32 Å². The number of amides is 1. The fourth-order valence-electron chi connectivity index (χ4n) is 2.55. The van der Waals surface area contributed by atoms with Gasteiger partial charge in [0.2, 0.25) is 0 Å². The second-order valence-corrected chi connectivity index (χ2v) is 7.15. The maximum Gasteiger partial charge on any atom is 0.267 e. The lowest BCUT2D eigenvalue weighted by Gasteiger charge is -2.27. The summed E-state index contributed by atoms with van der Waals surface area (Å²) in [5, 5.41) is 11.7. The van der Waals surface area contributed by atoms with Crippen LogP contribution in [0.5, 0.6) is 0 Å². The van der Waals surface area contributed by atoms with Gasteiger partial charge in [-0.3, -0.25) is 9.69 Å². The van der Waals surface area contributed by atoms with Crippen molar-refractivity contribution in [1.82, 2.24) is 4.90 Å². The molecule has 4 nitrogen and oxygen atoms in total. The molecule has 0 aromatic heterocycles. The minimum atomic E-state index is -1.37. The van der Waals surface area contributed by atoms with Gasteiger partial charge in [0.05, 0.1) is 10.9 Å². The van der Waals surface area contributed by atoms with Crippen molar-refractivity contribution in [3.63, 3.8) is 0 Å². The van der Waals surface area contributed by atoms with Crippen molar-refractivity contribution in [2.45, 2.75) is 6.04 Å². The zero-order valence-corrected chi connectivity index (χ0v) is 15.2. The van der Waals surface area contributed by atoms with Crippen molar-refractivity contribution < 1.29 is 14.7 Å². The molecule has 1 amide bonds. The quantitative estimate of drug-likeness (QED) is 0.590. The monoisotopic (exact) mass is 380 g/mol. The molecule has 1 aliphatic rings. The Hall–Kier alpha value is -2.70. The number of carboxylic acid groups (broad SMARTS) is 1. The summed E-state index contributed by atoms with van der Waals surface area (Å²) in [6.45, 7) is 0. The lowest BCUT2D eigenvalue weighted by molar-refractivity contribution is -0.310. The minimum Gasteiger partial charge on any atom is -0.547 e. The number of hydrogen-bond acceptors (Lipinski definition) is 5. The molecule has 0 N–H and O–H groups in total. The molecular formula is C20H14NO3S2-. The van der Waals surface area contributed by atoms with Crippen LogP contribution >= 0.6 is 24.0 Å². The van der Waals surface area contributed by atoms with Gasteiger partial charge in [-0.1, -0.05) is 96.8 Å². The summed E-state index contributed by atoms with van der Waals surface area (Å²) in [6.07, 6.45) is 5.25. The Morgan fingerprint density at radius 2 is 1.69 bits per heavy atom. The predicted octanol–water partition coefficient (Wildman–Crippen LogP) is 2.94. The van der Waals surface area contributed by atoms with Crippen molar-refractivity contribution in [3.05, 3.63) is 88.8 Å². The summed E-state index contributed by atoms with van der Waals surface area (Å²) < 4.78 is 0.201. The summed E-state index contributed by atoms with van der Waals surface area (Å²) in [5.41, 5.74) is 1.45. The van der Waals surface area contributed by atoms with Crippen molar-refractivity contribution in [3.8, 4) is 0 Å². The van der Waals surface area contributed by atoms with Crippen LogP contribution in [0.4, 0.5) is 0 Å². The van der Waals surface area contributed by atoms with Crippen LogP contribution < -0.4 is 5.11 Å². The number of thioether (sulfide) groups is 1. The van der Waals surface area contributed by atoms with Crippen LogP contribution in [0.15, 0.2) is 77.7 Å². The molecule has 0 aliphatic carbocycles. The van der Waals surface area contributed by atoms with Gasteiger partial charge in [0, 0.05) is 0 Å². The highest BCUT2D eigenvalue weighted by atomic mass is 32.2. The van der Waals surface area contributed by atoms with Gasteiger partial charge >= 0.3 is 0 Å². The summed E-state index contributed by atoms with van der Waals surface area (Å²) in [4.78, 5) is 25.9. The number of carboxylic acids is 1. The first-order valence-electron chi connectivity index (χ1n) is 7.82. The maximum atomic E-state index is 12.7. The third-order valence-electron chi connectivity index (χ3n) is 3.76. The first-order valence-corrected chi connectivity index (χ1v) is 9.05. The van der Waals surface area contributed by atoms with Crippen LogP contribution in [-0.2, 0) is 9.59 Å². The van der Waals surface area contributed by atoms with Crippen LogP contribution in [0.2, 0.25) is 0 Å². The Labute approximate surface area is 160 Å². The van der Waals surface area contributed by atoms with E-state index in [9.17, 15) is 14.7 Å². The average Bonchev–Trinajstić information content (AvgIpc) is 2.91. The third kappa shape index (κ3) is 3.92. The summed E-state index contributed by atoms with van der Waals surface area (Å²) >= 11 is 6.33. The number of hydrogen-bond donors (Lipinski definition) is 0. The second kappa shape index (κ2) is 8.12. The lowest BCUT2D eigenvalue weighted by atomic mass is 10.1. The molecular weight excluding hydrogens is 366 g/mol. The van der Waals surface area contributed by atoms with E-state index in [2.05, 4.69) is 0 Å². The molecule has 1 saturated heterocycles. The molecule has 130 valence electrons. The SMILES string of the molecule is O=C([O-])[C@@H](c1ccccc1)N1C(=O)/C(=C\C=C\c2ccccc2)SC1=S. The van der Waals surface area contributed by atoms with Crippen LogP contribution in [0, 0.1) is 0 Å². The molecule has 1 atom stereocenters. The van der Waals surface area contributed by atoms with Crippen LogP contribution in [0.25, 0.3) is 6.08 Å². The van der Waals surface area contributed by atoms with E-state index in [0.717, 1.165) is 22.2 Å². The molecule has 3 rings (SSSR count). The molecule has 0 saturated carbocycles. The highest BCUT2D eigenvalue weighted by Crippen LogP contribution is 2.37. The largest absolute Gasteiger partial charge is 0.547 e. The van der Waals surface area contributed by atoms with E-state index in [4.69, 9.17) is 12.2 Å². The number of thiocarbonyl (C=S) groups is 1. The molecule has 1 aliphatic heterocycles. The van der Waals surface area contributed by atoms with Crippen molar-refractivity contribution >= 4 is 46.3 Å². The molecule has 2 aromatic rings. The lowest BCUT2D eigenvalue weighted by Crippen LogP contribution is -2.43. The number of aliphatic carboxylic acids is 1. The Morgan fingerprint density at radius 3 is 2.31 bits per heavy atom. The van der Waals surface area contributed by atoms with E-state index >= 15 is 0 Å². The summed E-state index contributed by atoms with van der Waals surface area (Å²) in [6, 6.07) is 16.9. The molecule has 0 spiro atoms. The molecule has 0 radical (unpaired) electrons.